The number of nitrogens with zero attached hydrogens (tertiary/aromatic N) is 1. The molecule has 5 N–H and O–H groups in total. The van der Waals surface area contributed by atoms with E-state index in [0.29, 0.717) is 29.2 Å². The molecule has 0 radical (unpaired) electrons. The molecule has 0 unspecified atom stereocenters. The number of benzene rings is 2. The molecule has 3 rings (SSSR count). The van der Waals surface area contributed by atoms with Gasteiger partial charge in [-0.25, -0.2) is 14.2 Å². The van der Waals surface area contributed by atoms with Crippen molar-refractivity contribution in [2.45, 2.75) is 25.8 Å². The Morgan fingerprint density at radius 2 is 1.94 bits per heavy atom. The third-order valence-electron chi connectivity index (χ3n) is 4.56. The Balaban J connectivity index is 1.79. The summed E-state index contributed by atoms with van der Waals surface area (Å²) in [7, 11) is 0. The zero-order chi connectivity index (χ0) is 22.4. The maximum Gasteiger partial charge on any atom is 0.312 e. The highest BCUT2D eigenvalue weighted by molar-refractivity contribution is 5.92. The lowest BCUT2D eigenvalue weighted by Gasteiger charge is -2.18. The summed E-state index contributed by atoms with van der Waals surface area (Å²) in [6.45, 7) is 1.90. The molecule has 0 saturated carbocycles. The number of anilines is 1. The number of amides is 3. The standard InChI is InChI=1S/C22H22FN5O3/c1-2-14-11-19(29)28-21(26-14)13-6-5-7-15(10-13)25-20(30)12-18(27-22(24)31)16-8-3-4-9-17(16)23/h3-11,18H,2,12H2,1H3,(H,25,30)(H3,24,27,31)(H,26,28,29)/t18-/m1/s1. The molecule has 0 aliphatic carbocycles. The number of aryl methyl sites for hydroxylation is 1. The van der Waals surface area contributed by atoms with Crippen LogP contribution in [0.2, 0.25) is 0 Å². The van der Waals surface area contributed by atoms with Gasteiger partial charge in [0, 0.05) is 28.6 Å². The van der Waals surface area contributed by atoms with Crippen molar-refractivity contribution in [3.05, 3.63) is 82.0 Å². The largest absolute Gasteiger partial charge is 0.352 e. The maximum atomic E-state index is 14.1. The monoisotopic (exact) mass is 423 g/mol. The van der Waals surface area contributed by atoms with Gasteiger partial charge in [-0.1, -0.05) is 37.3 Å². The molecule has 160 valence electrons. The third kappa shape index (κ3) is 5.75. The molecule has 3 amide bonds. The number of nitrogens with one attached hydrogen (secondary N) is 3. The van der Waals surface area contributed by atoms with Crippen molar-refractivity contribution >= 4 is 17.6 Å². The Kier molecular flexibility index (Phi) is 6.76. The van der Waals surface area contributed by atoms with Crippen LogP contribution >= 0.6 is 0 Å². The lowest BCUT2D eigenvalue weighted by molar-refractivity contribution is -0.116. The van der Waals surface area contributed by atoms with Gasteiger partial charge in [0.1, 0.15) is 11.6 Å². The van der Waals surface area contributed by atoms with Crippen LogP contribution in [-0.4, -0.2) is 21.9 Å². The molecule has 0 bridgehead atoms. The van der Waals surface area contributed by atoms with Crippen molar-refractivity contribution in [1.82, 2.24) is 15.3 Å². The van der Waals surface area contributed by atoms with Crippen molar-refractivity contribution in [2.75, 3.05) is 5.32 Å². The van der Waals surface area contributed by atoms with Crippen LogP contribution in [-0.2, 0) is 11.2 Å². The smallest absolute Gasteiger partial charge is 0.312 e. The Bertz CT molecular complexity index is 1160. The van der Waals surface area contributed by atoms with Crippen LogP contribution in [0.3, 0.4) is 0 Å². The fraction of sp³-hybridized carbons (Fsp3) is 0.182. The zero-order valence-corrected chi connectivity index (χ0v) is 16.8. The number of urea groups is 1. The van der Waals surface area contributed by atoms with Crippen molar-refractivity contribution in [3.63, 3.8) is 0 Å². The van der Waals surface area contributed by atoms with Gasteiger partial charge in [-0.15, -0.1) is 0 Å². The van der Waals surface area contributed by atoms with E-state index in [0.717, 1.165) is 0 Å². The number of carbonyl (C=O) groups excluding carboxylic acids is 2. The topological polar surface area (TPSA) is 130 Å². The molecule has 31 heavy (non-hydrogen) atoms. The first kappa shape index (κ1) is 21.7. The molecule has 0 saturated heterocycles. The van der Waals surface area contributed by atoms with E-state index in [-0.39, 0.29) is 17.5 Å². The molecule has 9 heteroatoms. The first-order valence-corrected chi connectivity index (χ1v) is 9.66. The van der Waals surface area contributed by atoms with Gasteiger partial charge < -0.3 is 21.4 Å². The Hall–Kier alpha value is -4.01. The average molecular weight is 423 g/mol. The van der Waals surface area contributed by atoms with Crippen LogP contribution in [0.4, 0.5) is 14.9 Å². The second kappa shape index (κ2) is 9.66. The van der Waals surface area contributed by atoms with E-state index in [2.05, 4.69) is 20.6 Å². The molecule has 1 heterocycles. The number of hydrogen-bond acceptors (Lipinski definition) is 4. The summed E-state index contributed by atoms with van der Waals surface area (Å²) in [5.41, 5.74) is 6.81. The molecule has 1 aromatic heterocycles. The van der Waals surface area contributed by atoms with E-state index in [1.165, 1.54) is 24.3 Å². The van der Waals surface area contributed by atoms with Crippen LogP contribution in [0.25, 0.3) is 11.4 Å². The van der Waals surface area contributed by atoms with Crippen LogP contribution in [0.15, 0.2) is 59.4 Å². The molecule has 0 aliphatic rings. The summed E-state index contributed by atoms with van der Waals surface area (Å²) in [6.07, 6.45) is 0.381. The van der Waals surface area contributed by atoms with E-state index >= 15 is 0 Å². The van der Waals surface area contributed by atoms with Gasteiger partial charge in [-0.3, -0.25) is 9.59 Å². The average Bonchev–Trinajstić information content (AvgIpc) is 2.73. The van der Waals surface area contributed by atoms with Crippen LogP contribution < -0.4 is 21.9 Å². The molecule has 0 spiro atoms. The minimum Gasteiger partial charge on any atom is -0.352 e. The van der Waals surface area contributed by atoms with Gasteiger partial charge in [0.05, 0.1) is 12.5 Å². The van der Waals surface area contributed by atoms with Crippen molar-refractivity contribution in [2.24, 2.45) is 5.73 Å². The molecule has 8 nitrogen and oxygen atoms in total. The summed E-state index contributed by atoms with van der Waals surface area (Å²) < 4.78 is 14.1. The number of hydrogen-bond donors (Lipinski definition) is 4. The number of aromatic amines is 1. The number of halogens is 1. The predicted molar refractivity (Wildman–Crippen MR) is 115 cm³/mol. The quantitative estimate of drug-likeness (QED) is 0.465. The molecular weight excluding hydrogens is 401 g/mol. The number of H-pyrrole nitrogens is 1. The second-order valence-corrected chi connectivity index (χ2v) is 6.85. The maximum absolute atomic E-state index is 14.1. The number of carbonyl (C=O) groups is 2. The first-order valence-electron chi connectivity index (χ1n) is 9.66. The van der Waals surface area contributed by atoms with Gasteiger partial charge in [-0.05, 0) is 24.6 Å². The Morgan fingerprint density at radius 1 is 1.16 bits per heavy atom. The normalized spacial score (nSPS) is 11.5. The molecule has 1 atom stereocenters. The van der Waals surface area contributed by atoms with Gasteiger partial charge >= 0.3 is 6.03 Å². The van der Waals surface area contributed by atoms with Crippen molar-refractivity contribution < 1.29 is 14.0 Å². The van der Waals surface area contributed by atoms with Crippen LogP contribution in [0.1, 0.15) is 30.6 Å². The minimum absolute atomic E-state index is 0.156. The first-order chi connectivity index (χ1) is 14.9. The fourth-order valence-corrected chi connectivity index (χ4v) is 3.14. The number of nitrogens with two attached hydrogens (primary N) is 1. The van der Waals surface area contributed by atoms with Gasteiger partial charge in [-0.2, -0.15) is 0 Å². The Morgan fingerprint density at radius 3 is 2.65 bits per heavy atom. The number of rotatable bonds is 7. The summed E-state index contributed by atoms with van der Waals surface area (Å²) in [4.78, 5) is 42.8. The van der Waals surface area contributed by atoms with E-state index in [1.54, 1.807) is 30.3 Å². The van der Waals surface area contributed by atoms with Crippen molar-refractivity contribution in [1.29, 1.82) is 0 Å². The van der Waals surface area contributed by atoms with Crippen molar-refractivity contribution in [3.8, 4) is 11.4 Å². The molecule has 0 aliphatic heterocycles. The summed E-state index contributed by atoms with van der Waals surface area (Å²) >= 11 is 0. The van der Waals surface area contributed by atoms with Gasteiger partial charge in [0.15, 0.2) is 0 Å². The summed E-state index contributed by atoms with van der Waals surface area (Å²) in [5.74, 6) is -0.620. The van der Waals surface area contributed by atoms with E-state index in [1.807, 2.05) is 6.92 Å². The predicted octanol–water partition coefficient (Wildman–Crippen LogP) is 2.88. The summed E-state index contributed by atoms with van der Waals surface area (Å²) in [6, 6.07) is 12.3. The zero-order valence-electron chi connectivity index (χ0n) is 16.8. The Labute approximate surface area is 177 Å². The summed E-state index contributed by atoms with van der Waals surface area (Å²) in [5, 5.41) is 5.11. The van der Waals surface area contributed by atoms with Gasteiger partial charge in [0.2, 0.25) is 5.91 Å². The molecule has 0 fully saturated rings. The molecule has 3 aromatic rings. The highest BCUT2D eigenvalue weighted by Crippen LogP contribution is 2.22. The molecule has 2 aromatic carbocycles. The third-order valence-corrected chi connectivity index (χ3v) is 4.56. The van der Waals surface area contributed by atoms with Crippen LogP contribution in [0.5, 0.6) is 0 Å². The van der Waals surface area contributed by atoms with E-state index < -0.39 is 23.8 Å². The van der Waals surface area contributed by atoms with E-state index in [4.69, 9.17) is 5.73 Å². The number of primary amides is 1. The highest BCUT2D eigenvalue weighted by atomic mass is 19.1. The second-order valence-electron chi connectivity index (χ2n) is 6.85. The highest BCUT2D eigenvalue weighted by Gasteiger charge is 2.20. The lowest BCUT2D eigenvalue weighted by atomic mass is 10.0. The SMILES string of the molecule is CCc1cc(=O)[nH]c(-c2cccc(NC(=O)C[C@@H](NC(N)=O)c3ccccc3F)c2)n1. The van der Waals surface area contributed by atoms with Crippen LogP contribution in [0, 0.1) is 5.82 Å². The minimum atomic E-state index is -0.930. The van der Waals surface area contributed by atoms with Gasteiger partial charge in [0.25, 0.3) is 5.56 Å². The van der Waals surface area contributed by atoms with E-state index in [9.17, 15) is 18.8 Å². The number of aromatic nitrogens is 2. The lowest BCUT2D eigenvalue weighted by Crippen LogP contribution is -2.35. The fourth-order valence-electron chi connectivity index (χ4n) is 3.14. The molecular formula is C22H22FN5O3.